The molecule has 0 bridgehead atoms. The van der Waals surface area contributed by atoms with Crippen molar-refractivity contribution in [3.05, 3.63) is 89.4 Å². The van der Waals surface area contributed by atoms with E-state index in [1.807, 2.05) is 45.8 Å². The molecular weight excluding hydrogens is 628 g/mol. The van der Waals surface area contributed by atoms with Crippen LogP contribution in [0.2, 0.25) is 0 Å². The van der Waals surface area contributed by atoms with Gasteiger partial charge in [-0.25, -0.2) is 9.37 Å². The number of nitrogens with two attached hydrogens (primary N) is 2. The Morgan fingerprint density at radius 1 is 1.06 bits per heavy atom. The Morgan fingerprint density at radius 3 is 2.04 bits per heavy atom. The first kappa shape index (κ1) is 45.5. The quantitative estimate of drug-likeness (QED) is 0.187. The van der Waals surface area contributed by atoms with Gasteiger partial charge in [-0.3, -0.25) is 9.78 Å². The Hall–Kier alpha value is -4.58. The summed E-state index contributed by atoms with van der Waals surface area (Å²) < 4.78 is 54.4. The lowest BCUT2D eigenvalue weighted by Gasteiger charge is -2.18. The Labute approximate surface area is 281 Å². The highest BCUT2D eigenvalue weighted by Gasteiger charge is 2.16. The number of amides is 1. The number of oxazole rings is 1. The van der Waals surface area contributed by atoms with Gasteiger partial charge in [0.15, 0.2) is 6.39 Å². The van der Waals surface area contributed by atoms with E-state index in [-0.39, 0.29) is 18.6 Å². The van der Waals surface area contributed by atoms with E-state index in [4.69, 9.17) is 24.7 Å². The molecule has 2 aromatic carbocycles. The van der Waals surface area contributed by atoms with Crippen LogP contribution in [-0.2, 0) is 16.0 Å². The van der Waals surface area contributed by atoms with E-state index in [9.17, 15) is 22.4 Å². The maximum absolute atomic E-state index is 13.1. The van der Waals surface area contributed by atoms with Crippen molar-refractivity contribution in [1.29, 1.82) is 0 Å². The van der Waals surface area contributed by atoms with Gasteiger partial charge in [0.25, 0.3) is 0 Å². The number of carbonyl (C=O) groups excluding carboxylic acids is 2. The smallest absolute Gasteiger partial charge is 0.386 e. The lowest BCUT2D eigenvalue weighted by atomic mass is 9.91. The normalized spacial score (nSPS) is 10.4. The largest absolute Gasteiger partial charge is 0.496 e. The number of ether oxygens (including phenoxy) is 1. The summed E-state index contributed by atoms with van der Waals surface area (Å²) in [5.41, 5.74) is 18.5. The number of hydrogen-bond acceptors (Lipinski definition) is 7. The standard InChI is InChI=1S/C18H23FN2.C11H11NO2.C2H3F3.C2H5NO.C2H6.CH2O/c1-4-12(2)17-11-16(9-10-20)21-18(13(17)3)14-5-7-15(19)8-6-14;1-8-3-4-9(11(5-8)13-2)10-6-14-7-12-10;1-2(3,4)5;1-2(3)4;2*1-2/h5-8,11-12H,4,9-10,20H2,1-3H3;3-7H,1-2H3;1H3;1H3,(H2,3,4);1-2H3;1H2. The third-order valence-electron chi connectivity index (χ3n) is 6.09. The van der Waals surface area contributed by atoms with E-state index < -0.39 is 6.18 Å². The second-order valence-corrected chi connectivity index (χ2v) is 10.0. The minimum Gasteiger partial charge on any atom is -0.496 e. The average Bonchev–Trinajstić information content (AvgIpc) is 3.58. The molecule has 0 fully saturated rings. The van der Waals surface area contributed by atoms with Crippen molar-refractivity contribution in [3.63, 3.8) is 0 Å². The molecule has 0 aliphatic carbocycles. The molecule has 1 atom stereocenters. The zero-order valence-electron chi connectivity index (χ0n) is 29.4. The molecule has 0 aliphatic heterocycles. The summed E-state index contributed by atoms with van der Waals surface area (Å²) in [5.74, 6) is 0.735. The first-order valence-electron chi connectivity index (χ1n) is 15.2. The van der Waals surface area contributed by atoms with Gasteiger partial charge in [-0.2, -0.15) is 13.2 Å². The summed E-state index contributed by atoms with van der Waals surface area (Å²) in [6.07, 6.45) is 0.857. The van der Waals surface area contributed by atoms with Crippen LogP contribution < -0.4 is 16.2 Å². The third kappa shape index (κ3) is 18.5. The van der Waals surface area contributed by atoms with Crippen LogP contribution in [-0.4, -0.2) is 42.5 Å². The summed E-state index contributed by atoms with van der Waals surface area (Å²) in [6, 6.07) is 14.7. The molecule has 12 heteroatoms. The number of methoxy groups -OCH3 is 1. The van der Waals surface area contributed by atoms with E-state index in [1.165, 1.54) is 36.6 Å². The number of hydrogen-bond donors (Lipinski definition) is 2. The zero-order valence-corrected chi connectivity index (χ0v) is 29.4. The minimum atomic E-state index is -4.00. The molecule has 1 amide bonds. The summed E-state index contributed by atoms with van der Waals surface area (Å²) in [4.78, 5) is 26.0. The number of pyridine rings is 1. The van der Waals surface area contributed by atoms with Gasteiger partial charge < -0.3 is 25.4 Å². The minimum absolute atomic E-state index is 0.188. The molecule has 4 N–H and O–H groups in total. The predicted octanol–water partition coefficient (Wildman–Crippen LogP) is 8.77. The number of rotatable bonds is 7. The molecule has 1 unspecified atom stereocenters. The number of carbonyl (C=O) groups is 2. The van der Waals surface area contributed by atoms with Gasteiger partial charge in [0.05, 0.1) is 12.8 Å². The fourth-order valence-electron chi connectivity index (χ4n) is 3.94. The van der Waals surface area contributed by atoms with Gasteiger partial charge in [-0.1, -0.05) is 33.8 Å². The summed E-state index contributed by atoms with van der Waals surface area (Å²) >= 11 is 0. The molecule has 0 radical (unpaired) electrons. The molecule has 0 spiro atoms. The van der Waals surface area contributed by atoms with Crippen molar-refractivity contribution < 1.29 is 36.3 Å². The molecule has 8 nitrogen and oxygen atoms in total. The van der Waals surface area contributed by atoms with Crippen molar-refractivity contribution in [1.82, 2.24) is 9.97 Å². The topological polar surface area (TPSA) is 134 Å². The van der Waals surface area contributed by atoms with Crippen molar-refractivity contribution in [2.75, 3.05) is 13.7 Å². The molecule has 4 aromatic rings. The molecule has 266 valence electrons. The number of aromatic nitrogens is 2. The van der Waals surface area contributed by atoms with Crippen molar-refractivity contribution in [2.45, 2.75) is 80.3 Å². The van der Waals surface area contributed by atoms with Crippen LogP contribution >= 0.6 is 0 Å². The lowest BCUT2D eigenvalue weighted by Crippen LogP contribution is -2.08. The highest BCUT2D eigenvalue weighted by atomic mass is 19.4. The van der Waals surface area contributed by atoms with Crippen LogP contribution in [0.3, 0.4) is 0 Å². The highest BCUT2D eigenvalue weighted by Crippen LogP contribution is 2.31. The van der Waals surface area contributed by atoms with Gasteiger partial charge in [-0.15, -0.1) is 0 Å². The number of primary amides is 1. The molecule has 0 aliphatic rings. The van der Waals surface area contributed by atoms with Gasteiger partial charge in [-0.05, 0) is 91.9 Å². The fourth-order valence-corrected chi connectivity index (χ4v) is 3.94. The van der Waals surface area contributed by atoms with Gasteiger partial charge in [0, 0.05) is 37.1 Å². The van der Waals surface area contributed by atoms with Gasteiger partial charge in [0.2, 0.25) is 5.91 Å². The van der Waals surface area contributed by atoms with Crippen LogP contribution in [0.25, 0.3) is 22.5 Å². The van der Waals surface area contributed by atoms with Crippen molar-refractivity contribution in [3.8, 4) is 28.3 Å². The van der Waals surface area contributed by atoms with Crippen molar-refractivity contribution in [2.24, 2.45) is 11.5 Å². The van der Waals surface area contributed by atoms with E-state index >= 15 is 0 Å². The first-order valence-corrected chi connectivity index (χ1v) is 15.2. The number of aryl methyl sites for hydroxylation is 1. The molecule has 0 saturated heterocycles. The molecule has 48 heavy (non-hydrogen) atoms. The van der Waals surface area contributed by atoms with E-state index in [0.717, 1.165) is 52.4 Å². The van der Waals surface area contributed by atoms with E-state index in [2.05, 4.69) is 37.6 Å². The number of nitrogens with zero attached hydrogens (tertiary/aromatic N) is 2. The Bertz CT molecular complexity index is 1440. The zero-order chi connectivity index (χ0) is 37.4. The second kappa shape index (κ2) is 24.6. The fraction of sp³-hybridized carbons (Fsp3) is 0.389. The first-order chi connectivity index (χ1) is 22.6. The second-order valence-electron chi connectivity index (χ2n) is 10.0. The lowest BCUT2D eigenvalue weighted by molar-refractivity contribution is -0.116. The van der Waals surface area contributed by atoms with E-state index in [1.54, 1.807) is 25.5 Å². The number of halogens is 4. The van der Waals surface area contributed by atoms with Crippen molar-refractivity contribution >= 4 is 12.7 Å². The molecule has 4 rings (SSSR count). The van der Waals surface area contributed by atoms with Crippen LogP contribution in [0.5, 0.6) is 5.75 Å². The third-order valence-corrected chi connectivity index (χ3v) is 6.09. The molecule has 2 aromatic heterocycles. The average molecular weight is 679 g/mol. The summed E-state index contributed by atoms with van der Waals surface area (Å²) in [7, 11) is 1.65. The van der Waals surface area contributed by atoms with Crippen LogP contribution in [0, 0.1) is 19.7 Å². The SMILES string of the molecule is C=O.CC.CC(F)(F)F.CC(N)=O.CCC(C)c1cc(CCN)nc(-c2ccc(F)cc2)c1C.COc1cc(C)ccc1-c1cocn1. The maximum atomic E-state index is 13.1. The van der Waals surface area contributed by atoms with Crippen LogP contribution in [0.4, 0.5) is 17.6 Å². The number of alkyl halides is 3. The Morgan fingerprint density at radius 2 is 1.60 bits per heavy atom. The summed E-state index contributed by atoms with van der Waals surface area (Å²) in [6.45, 7) is 16.6. The van der Waals surface area contributed by atoms with Crippen LogP contribution in [0.1, 0.15) is 76.3 Å². The Balaban J connectivity index is 0. The Kier molecular flexibility index (Phi) is 23.3. The monoisotopic (exact) mass is 678 g/mol. The highest BCUT2D eigenvalue weighted by molar-refractivity contribution is 5.70. The molecular formula is C36H50F4N4O4. The molecule has 2 heterocycles. The van der Waals surface area contributed by atoms with Gasteiger partial charge >= 0.3 is 6.18 Å². The molecule has 0 saturated carbocycles. The van der Waals surface area contributed by atoms with Crippen LogP contribution in [0.15, 0.2) is 65.6 Å². The maximum Gasteiger partial charge on any atom is 0.386 e. The number of benzene rings is 2. The summed E-state index contributed by atoms with van der Waals surface area (Å²) in [5, 5.41) is 0. The van der Waals surface area contributed by atoms with E-state index in [0.29, 0.717) is 12.5 Å². The van der Waals surface area contributed by atoms with Gasteiger partial charge in [0.1, 0.15) is 30.3 Å². The predicted molar refractivity (Wildman–Crippen MR) is 184 cm³/mol.